The molecule has 0 aromatic heterocycles. The number of nitrogens with two attached hydrogens (primary N) is 1. The number of rotatable bonds is 4. The Morgan fingerprint density at radius 3 is 2.39 bits per heavy atom. The molecule has 1 saturated heterocycles. The van der Waals surface area contributed by atoms with Crippen molar-refractivity contribution < 1.29 is 22.8 Å². The largest absolute Gasteiger partial charge is 0.416 e. The number of likely N-dealkylation sites (tertiary alicyclic amines) is 1. The molecule has 4 nitrogen and oxygen atoms in total. The predicted octanol–water partition coefficient (Wildman–Crippen LogP) is 2.22. The summed E-state index contributed by atoms with van der Waals surface area (Å²) < 4.78 is 37.6. The van der Waals surface area contributed by atoms with E-state index in [-0.39, 0.29) is 17.7 Å². The van der Waals surface area contributed by atoms with Crippen LogP contribution < -0.4 is 5.73 Å². The van der Waals surface area contributed by atoms with Crippen molar-refractivity contribution in [1.82, 2.24) is 4.90 Å². The van der Waals surface area contributed by atoms with Gasteiger partial charge in [-0.15, -0.1) is 0 Å². The van der Waals surface area contributed by atoms with E-state index in [2.05, 4.69) is 0 Å². The Hall–Kier alpha value is -2.05. The van der Waals surface area contributed by atoms with Gasteiger partial charge in [-0.05, 0) is 30.5 Å². The molecule has 1 aliphatic heterocycles. The van der Waals surface area contributed by atoms with Crippen molar-refractivity contribution in [2.45, 2.75) is 25.9 Å². The number of carbonyl (C=O) groups excluding carboxylic acids is 2. The Labute approximate surface area is 132 Å². The number of nitrogens with zero attached hydrogens (tertiary/aromatic N) is 1. The maximum absolute atomic E-state index is 12.5. The van der Waals surface area contributed by atoms with Gasteiger partial charge in [0.15, 0.2) is 0 Å². The molecule has 2 atom stereocenters. The van der Waals surface area contributed by atoms with Crippen LogP contribution in [0.4, 0.5) is 13.2 Å². The highest BCUT2D eigenvalue weighted by molar-refractivity contribution is 5.82. The number of hydrogen-bond donors (Lipinski definition) is 1. The summed E-state index contributed by atoms with van der Waals surface area (Å²) in [5.74, 6) is -1.18. The van der Waals surface area contributed by atoms with E-state index in [0.29, 0.717) is 31.5 Å². The third kappa shape index (κ3) is 4.24. The van der Waals surface area contributed by atoms with Crippen LogP contribution in [0.2, 0.25) is 0 Å². The predicted molar refractivity (Wildman–Crippen MR) is 78.2 cm³/mol. The molecule has 1 aliphatic rings. The van der Waals surface area contributed by atoms with Crippen molar-refractivity contribution in [3.8, 4) is 0 Å². The maximum atomic E-state index is 12.5. The van der Waals surface area contributed by atoms with E-state index in [1.807, 2.05) is 0 Å². The van der Waals surface area contributed by atoms with Crippen LogP contribution in [0.3, 0.4) is 0 Å². The zero-order valence-corrected chi connectivity index (χ0v) is 12.8. The van der Waals surface area contributed by atoms with Crippen LogP contribution in [0.5, 0.6) is 0 Å². The van der Waals surface area contributed by atoms with Crippen molar-refractivity contribution in [3.63, 3.8) is 0 Å². The second kappa shape index (κ2) is 6.60. The van der Waals surface area contributed by atoms with Gasteiger partial charge in [0, 0.05) is 19.0 Å². The molecule has 0 spiro atoms. The van der Waals surface area contributed by atoms with Gasteiger partial charge in [-0.25, -0.2) is 0 Å². The molecule has 1 aromatic rings. The number of halogens is 3. The average Bonchev–Trinajstić information content (AvgIpc) is 2.96. The summed E-state index contributed by atoms with van der Waals surface area (Å²) >= 11 is 0. The topological polar surface area (TPSA) is 63.4 Å². The van der Waals surface area contributed by atoms with E-state index in [1.165, 1.54) is 12.1 Å². The lowest BCUT2D eigenvalue weighted by Gasteiger charge is -2.21. The molecular formula is C16H19F3N2O2. The SMILES string of the molecule is C[C@@H](Cc1ccc(C(F)(F)F)cc1)C(=O)N1CC[C@H](C(N)=O)C1. The third-order valence-electron chi connectivity index (χ3n) is 4.15. The van der Waals surface area contributed by atoms with Crippen LogP contribution in [0, 0.1) is 11.8 Å². The normalized spacial score (nSPS) is 19.7. The molecule has 2 rings (SSSR count). The van der Waals surface area contributed by atoms with Gasteiger partial charge in [-0.3, -0.25) is 9.59 Å². The second-order valence-electron chi connectivity index (χ2n) is 5.97. The highest BCUT2D eigenvalue weighted by Gasteiger charge is 2.32. The summed E-state index contributed by atoms with van der Waals surface area (Å²) in [7, 11) is 0. The van der Waals surface area contributed by atoms with Gasteiger partial charge in [-0.1, -0.05) is 19.1 Å². The fourth-order valence-electron chi connectivity index (χ4n) is 2.78. The summed E-state index contributed by atoms with van der Waals surface area (Å²) in [5, 5.41) is 0. The molecule has 0 aliphatic carbocycles. The minimum absolute atomic E-state index is 0.103. The Bertz CT molecular complexity index is 584. The van der Waals surface area contributed by atoms with Gasteiger partial charge in [0.25, 0.3) is 0 Å². The molecule has 0 bridgehead atoms. The quantitative estimate of drug-likeness (QED) is 0.921. The van der Waals surface area contributed by atoms with Crippen molar-refractivity contribution in [2.24, 2.45) is 17.6 Å². The van der Waals surface area contributed by atoms with Gasteiger partial charge < -0.3 is 10.6 Å². The van der Waals surface area contributed by atoms with Crippen molar-refractivity contribution in [3.05, 3.63) is 35.4 Å². The van der Waals surface area contributed by atoms with Crippen LogP contribution >= 0.6 is 0 Å². The van der Waals surface area contributed by atoms with Crippen LogP contribution in [-0.4, -0.2) is 29.8 Å². The number of alkyl halides is 3. The van der Waals surface area contributed by atoms with E-state index < -0.39 is 17.6 Å². The first-order valence-corrected chi connectivity index (χ1v) is 7.42. The first-order valence-electron chi connectivity index (χ1n) is 7.42. The van der Waals surface area contributed by atoms with Crippen molar-refractivity contribution in [2.75, 3.05) is 13.1 Å². The Balaban J connectivity index is 1.95. The molecule has 1 aromatic carbocycles. The minimum atomic E-state index is -4.36. The summed E-state index contributed by atoms with van der Waals surface area (Å²) in [6.45, 7) is 2.55. The summed E-state index contributed by atoms with van der Waals surface area (Å²) in [6.07, 6.45) is -3.44. The molecule has 1 fully saturated rings. The van der Waals surface area contributed by atoms with Crippen molar-refractivity contribution in [1.29, 1.82) is 0 Å². The standard InChI is InChI=1S/C16H19F3N2O2/c1-10(15(23)21-7-6-12(9-21)14(20)22)8-11-2-4-13(5-3-11)16(17,18)19/h2-5,10,12H,6-9H2,1H3,(H2,20,22)/t10-,12-/m0/s1. The lowest BCUT2D eigenvalue weighted by atomic mass is 9.99. The van der Waals surface area contributed by atoms with E-state index in [0.717, 1.165) is 12.1 Å². The highest BCUT2D eigenvalue weighted by atomic mass is 19.4. The summed E-state index contributed by atoms with van der Waals surface area (Å²) in [4.78, 5) is 25.1. The Morgan fingerprint density at radius 2 is 1.91 bits per heavy atom. The molecular weight excluding hydrogens is 309 g/mol. The molecule has 126 valence electrons. The van der Waals surface area contributed by atoms with Crippen LogP contribution in [0.1, 0.15) is 24.5 Å². The molecule has 0 saturated carbocycles. The second-order valence-corrected chi connectivity index (χ2v) is 5.97. The number of hydrogen-bond acceptors (Lipinski definition) is 2. The molecule has 7 heteroatoms. The Morgan fingerprint density at radius 1 is 1.30 bits per heavy atom. The first kappa shape index (κ1) is 17.3. The smallest absolute Gasteiger partial charge is 0.369 e. The number of benzene rings is 1. The van der Waals surface area contributed by atoms with E-state index in [9.17, 15) is 22.8 Å². The van der Waals surface area contributed by atoms with Crippen LogP contribution in [0.25, 0.3) is 0 Å². The molecule has 0 radical (unpaired) electrons. The summed E-state index contributed by atoms with van der Waals surface area (Å²) in [5.41, 5.74) is 5.21. The zero-order valence-electron chi connectivity index (χ0n) is 12.8. The van der Waals surface area contributed by atoms with Gasteiger partial charge in [0.05, 0.1) is 11.5 Å². The molecule has 23 heavy (non-hydrogen) atoms. The molecule has 0 unspecified atom stereocenters. The number of primary amides is 1. The zero-order chi connectivity index (χ0) is 17.2. The minimum Gasteiger partial charge on any atom is -0.369 e. The van der Waals surface area contributed by atoms with Crippen LogP contribution in [-0.2, 0) is 22.2 Å². The first-order chi connectivity index (χ1) is 10.7. The fourth-order valence-corrected chi connectivity index (χ4v) is 2.78. The van der Waals surface area contributed by atoms with E-state index in [1.54, 1.807) is 11.8 Å². The maximum Gasteiger partial charge on any atom is 0.416 e. The number of amides is 2. The van der Waals surface area contributed by atoms with Gasteiger partial charge in [-0.2, -0.15) is 13.2 Å². The van der Waals surface area contributed by atoms with Crippen LogP contribution in [0.15, 0.2) is 24.3 Å². The monoisotopic (exact) mass is 328 g/mol. The fraction of sp³-hybridized carbons (Fsp3) is 0.500. The lowest BCUT2D eigenvalue weighted by Crippen LogP contribution is -2.35. The van der Waals surface area contributed by atoms with Gasteiger partial charge in [0.1, 0.15) is 0 Å². The van der Waals surface area contributed by atoms with Gasteiger partial charge >= 0.3 is 6.18 Å². The molecule has 1 heterocycles. The molecule has 2 N–H and O–H groups in total. The third-order valence-corrected chi connectivity index (χ3v) is 4.15. The summed E-state index contributed by atoms with van der Waals surface area (Å²) in [6, 6.07) is 4.82. The average molecular weight is 328 g/mol. The number of carbonyl (C=O) groups is 2. The highest BCUT2D eigenvalue weighted by Crippen LogP contribution is 2.29. The Kier molecular flexibility index (Phi) is 4.97. The van der Waals surface area contributed by atoms with Gasteiger partial charge in [0.2, 0.25) is 11.8 Å². The van der Waals surface area contributed by atoms with Crippen molar-refractivity contribution >= 4 is 11.8 Å². The van der Waals surface area contributed by atoms with E-state index >= 15 is 0 Å². The lowest BCUT2D eigenvalue weighted by molar-refractivity contribution is -0.138. The molecule has 2 amide bonds. The van der Waals surface area contributed by atoms with E-state index in [4.69, 9.17) is 5.73 Å².